The molecule has 118 valence electrons. The van der Waals surface area contributed by atoms with Crippen molar-refractivity contribution >= 4 is 17.5 Å². The summed E-state index contributed by atoms with van der Waals surface area (Å²) in [5.74, 6) is -0.418. The van der Waals surface area contributed by atoms with Crippen LogP contribution in [0.25, 0.3) is 5.70 Å². The van der Waals surface area contributed by atoms with Gasteiger partial charge in [0.15, 0.2) is 0 Å². The Balaban J connectivity index is 1.96. The van der Waals surface area contributed by atoms with Crippen molar-refractivity contribution in [2.45, 2.75) is 20.3 Å². The van der Waals surface area contributed by atoms with E-state index in [0.29, 0.717) is 24.2 Å². The van der Waals surface area contributed by atoms with Crippen LogP contribution in [0.15, 0.2) is 30.8 Å². The second-order valence-corrected chi connectivity index (χ2v) is 6.30. The third kappa shape index (κ3) is 3.36. The van der Waals surface area contributed by atoms with Crippen LogP contribution in [0.3, 0.4) is 0 Å². The fourth-order valence-corrected chi connectivity index (χ4v) is 2.43. The summed E-state index contributed by atoms with van der Waals surface area (Å²) in [7, 11) is 0. The minimum atomic E-state index is -0.228. The number of carbonyl (C=O) groups excluding carboxylic acids is 2. The third-order valence-corrected chi connectivity index (χ3v) is 3.89. The Bertz CT molecular complexity index is 573. The lowest BCUT2D eigenvalue weighted by Crippen LogP contribution is -2.41. The standard InChI is InChI=1S/C17H22N2O3/c1-12-13-6-4-5-7-14(13)16(22)19(12)10-15(21)18-11-17(2,3)8-9-20/h4-7,20H,1,8-11H2,2-3H3,(H,18,21). The Morgan fingerprint density at radius 1 is 1.32 bits per heavy atom. The maximum atomic E-state index is 12.3. The molecule has 0 bridgehead atoms. The lowest BCUT2D eigenvalue weighted by molar-refractivity contribution is -0.121. The zero-order valence-corrected chi connectivity index (χ0v) is 13.1. The van der Waals surface area contributed by atoms with Crippen molar-refractivity contribution in [3.63, 3.8) is 0 Å². The van der Waals surface area contributed by atoms with Crippen LogP contribution >= 0.6 is 0 Å². The van der Waals surface area contributed by atoms with Crippen LogP contribution in [0.1, 0.15) is 36.2 Å². The highest BCUT2D eigenvalue weighted by molar-refractivity contribution is 6.10. The SMILES string of the molecule is C=C1c2ccccc2C(=O)N1CC(=O)NCC(C)(C)CCO. The van der Waals surface area contributed by atoms with Gasteiger partial charge in [-0.1, -0.05) is 38.6 Å². The monoisotopic (exact) mass is 302 g/mol. The van der Waals surface area contributed by atoms with Crippen molar-refractivity contribution in [2.75, 3.05) is 19.7 Å². The molecule has 1 aliphatic rings. The van der Waals surface area contributed by atoms with Crippen LogP contribution in [-0.2, 0) is 4.79 Å². The summed E-state index contributed by atoms with van der Waals surface area (Å²) in [4.78, 5) is 25.8. The van der Waals surface area contributed by atoms with E-state index in [1.165, 1.54) is 4.90 Å². The van der Waals surface area contributed by atoms with Crippen LogP contribution in [0.5, 0.6) is 0 Å². The number of hydrogen-bond acceptors (Lipinski definition) is 3. The zero-order chi connectivity index (χ0) is 16.3. The fourth-order valence-electron chi connectivity index (χ4n) is 2.43. The van der Waals surface area contributed by atoms with E-state index in [1.807, 2.05) is 26.0 Å². The number of hydrogen-bond donors (Lipinski definition) is 2. The maximum Gasteiger partial charge on any atom is 0.259 e. The van der Waals surface area contributed by atoms with E-state index in [0.717, 1.165) is 5.56 Å². The van der Waals surface area contributed by atoms with Crippen molar-refractivity contribution in [2.24, 2.45) is 5.41 Å². The number of aliphatic hydroxyl groups is 1. The van der Waals surface area contributed by atoms with Gasteiger partial charge in [0.1, 0.15) is 6.54 Å². The lowest BCUT2D eigenvalue weighted by atomic mass is 9.90. The van der Waals surface area contributed by atoms with Gasteiger partial charge >= 0.3 is 0 Å². The van der Waals surface area contributed by atoms with Gasteiger partial charge in [0.2, 0.25) is 5.91 Å². The number of aliphatic hydroxyl groups excluding tert-OH is 1. The molecular weight excluding hydrogens is 280 g/mol. The Kier molecular flexibility index (Phi) is 4.66. The second kappa shape index (κ2) is 6.32. The highest BCUT2D eigenvalue weighted by Crippen LogP contribution is 2.30. The Labute approximate surface area is 130 Å². The molecule has 0 fully saturated rings. The molecular formula is C17H22N2O3. The van der Waals surface area contributed by atoms with Crippen LogP contribution in [0.4, 0.5) is 0 Å². The van der Waals surface area contributed by atoms with E-state index < -0.39 is 0 Å². The van der Waals surface area contributed by atoms with E-state index >= 15 is 0 Å². The van der Waals surface area contributed by atoms with Gasteiger partial charge in [-0.05, 0) is 17.9 Å². The number of benzene rings is 1. The molecule has 2 N–H and O–H groups in total. The van der Waals surface area contributed by atoms with Gasteiger partial charge in [0, 0.05) is 30.0 Å². The molecule has 1 aromatic rings. The second-order valence-electron chi connectivity index (χ2n) is 6.30. The van der Waals surface area contributed by atoms with E-state index in [-0.39, 0.29) is 30.4 Å². The van der Waals surface area contributed by atoms with Crippen LogP contribution in [0, 0.1) is 5.41 Å². The van der Waals surface area contributed by atoms with Gasteiger partial charge in [0.05, 0.1) is 0 Å². The van der Waals surface area contributed by atoms with Crippen molar-refractivity contribution in [3.8, 4) is 0 Å². The molecule has 22 heavy (non-hydrogen) atoms. The lowest BCUT2D eigenvalue weighted by Gasteiger charge is -2.25. The predicted octanol–water partition coefficient (Wildman–Crippen LogP) is 1.64. The molecule has 0 saturated heterocycles. The summed E-state index contributed by atoms with van der Waals surface area (Å²) in [6, 6.07) is 7.21. The van der Waals surface area contributed by atoms with E-state index in [4.69, 9.17) is 5.11 Å². The van der Waals surface area contributed by atoms with Gasteiger partial charge in [-0.2, -0.15) is 0 Å². The average Bonchev–Trinajstić information content (AvgIpc) is 2.71. The molecule has 0 spiro atoms. The van der Waals surface area contributed by atoms with E-state index in [9.17, 15) is 9.59 Å². The molecule has 0 aliphatic carbocycles. The number of amides is 2. The van der Waals surface area contributed by atoms with Gasteiger partial charge in [-0.3, -0.25) is 14.5 Å². The first-order valence-electron chi connectivity index (χ1n) is 7.33. The molecule has 1 aliphatic heterocycles. The molecule has 0 atom stereocenters. The number of nitrogens with one attached hydrogen (secondary N) is 1. The van der Waals surface area contributed by atoms with Crippen LogP contribution in [-0.4, -0.2) is 41.5 Å². The van der Waals surface area contributed by atoms with E-state index in [2.05, 4.69) is 11.9 Å². The van der Waals surface area contributed by atoms with Crippen LogP contribution in [0.2, 0.25) is 0 Å². The quantitative estimate of drug-likeness (QED) is 0.839. The van der Waals surface area contributed by atoms with Crippen LogP contribution < -0.4 is 5.32 Å². The number of fused-ring (bicyclic) bond motifs is 1. The molecule has 0 aromatic heterocycles. The van der Waals surface area contributed by atoms with Gasteiger partial charge in [0.25, 0.3) is 5.91 Å². The summed E-state index contributed by atoms with van der Waals surface area (Å²) >= 11 is 0. The first-order valence-corrected chi connectivity index (χ1v) is 7.33. The summed E-state index contributed by atoms with van der Waals surface area (Å²) < 4.78 is 0. The third-order valence-electron chi connectivity index (χ3n) is 3.89. The molecule has 0 unspecified atom stereocenters. The van der Waals surface area contributed by atoms with Crippen molar-refractivity contribution in [1.82, 2.24) is 10.2 Å². The Morgan fingerprint density at radius 2 is 1.95 bits per heavy atom. The van der Waals surface area contributed by atoms with Crippen molar-refractivity contribution < 1.29 is 14.7 Å². The summed E-state index contributed by atoms with van der Waals surface area (Å²) in [5.41, 5.74) is 1.74. The minimum absolute atomic E-state index is 0.0401. The summed E-state index contributed by atoms with van der Waals surface area (Å²) in [5, 5.41) is 11.8. The van der Waals surface area contributed by atoms with E-state index in [1.54, 1.807) is 12.1 Å². The van der Waals surface area contributed by atoms with Gasteiger partial charge in [-0.25, -0.2) is 0 Å². The molecule has 5 heteroatoms. The molecule has 0 saturated carbocycles. The largest absolute Gasteiger partial charge is 0.396 e. The highest BCUT2D eigenvalue weighted by Gasteiger charge is 2.32. The number of rotatable bonds is 6. The Hall–Kier alpha value is -2.14. The highest BCUT2D eigenvalue weighted by atomic mass is 16.3. The zero-order valence-electron chi connectivity index (χ0n) is 13.1. The number of nitrogens with zero attached hydrogens (tertiary/aromatic N) is 1. The minimum Gasteiger partial charge on any atom is -0.396 e. The first kappa shape index (κ1) is 16.2. The van der Waals surface area contributed by atoms with Gasteiger partial charge in [-0.15, -0.1) is 0 Å². The molecule has 1 aromatic carbocycles. The fraction of sp³-hybridized carbons (Fsp3) is 0.412. The molecule has 2 rings (SSSR count). The predicted molar refractivity (Wildman–Crippen MR) is 85.0 cm³/mol. The molecule has 5 nitrogen and oxygen atoms in total. The summed E-state index contributed by atoms with van der Waals surface area (Å²) in [6.07, 6.45) is 0.605. The molecule has 2 amide bonds. The maximum absolute atomic E-state index is 12.3. The van der Waals surface area contributed by atoms with Crippen molar-refractivity contribution in [3.05, 3.63) is 42.0 Å². The number of carbonyl (C=O) groups is 2. The first-order chi connectivity index (χ1) is 10.4. The smallest absolute Gasteiger partial charge is 0.259 e. The van der Waals surface area contributed by atoms with Crippen molar-refractivity contribution in [1.29, 1.82) is 0 Å². The molecule has 1 heterocycles. The topological polar surface area (TPSA) is 69.6 Å². The average molecular weight is 302 g/mol. The summed E-state index contributed by atoms with van der Waals surface area (Å²) in [6.45, 7) is 8.35. The Morgan fingerprint density at radius 3 is 2.55 bits per heavy atom. The molecule has 0 radical (unpaired) electrons. The van der Waals surface area contributed by atoms with Gasteiger partial charge < -0.3 is 10.4 Å². The normalized spacial score (nSPS) is 14.2.